The van der Waals surface area contributed by atoms with E-state index in [4.69, 9.17) is 17.0 Å². The Morgan fingerprint density at radius 3 is 2.71 bits per heavy atom. The zero-order chi connectivity index (χ0) is 12.1. The quantitative estimate of drug-likeness (QED) is 0.503. The summed E-state index contributed by atoms with van der Waals surface area (Å²) < 4.78 is 28.3. The maximum Gasteiger partial charge on any atom is 0.184 e. The van der Waals surface area contributed by atoms with Crippen molar-refractivity contribution in [3.63, 3.8) is 0 Å². The fraction of sp³-hybridized carbons (Fsp3) is 1.00. The van der Waals surface area contributed by atoms with Gasteiger partial charge in [0.15, 0.2) is 6.29 Å². The lowest BCUT2D eigenvalue weighted by Crippen LogP contribution is -2.59. The van der Waals surface area contributed by atoms with E-state index in [1.54, 1.807) is 0 Å². The molecular formula is C8H16O6. The highest BCUT2D eigenvalue weighted by atomic mass is 16.7. The molecular weight excluding hydrogens is 192 g/mol. The van der Waals surface area contributed by atoms with Crippen LogP contribution in [0.25, 0.3) is 0 Å². The molecule has 6 nitrogen and oxygen atoms in total. The first-order valence-electron chi connectivity index (χ1n) is 5.50. The predicted molar refractivity (Wildman–Crippen MR) is 45.6 cm³/mol. The van der Waals surface area contributed by atoms with Gasteiger partial charge in [-0.05, 0) is 0 Å². The van der Waals surface area contributed by atoms with Gasteiger partial charge >= 0.3 is 0 Å². The third-order valence-corrected chi connectivity index (χ3v) is 2.13. The molecule has 1 rings (SSSR count). The van der Waals surface area contributed by atoms with Crippen LogP contribution in [0.2, 0.25) is 0 Å². The van der Waals surface area contributed by atoms with Gasteiger partial charge in [-0.3, -0.25) is 0 Å². The number of hydrogen-bond acceptors (Lipinski definition) is 6. The molecule has 0 bridgehead atoms. The van der Waals surface area contributed by atoms with E-state index in [9.17, 15) is 15.3 Å². The Kier molecular flexibility index (Phi) is 3.23. The molecule has 1 aliphatic heterocycles. The maximum absolute atomic E-state index is 9.61. The minimum Gasteiger partial charge on any atom is -0.387 e. The second kappa shape index (κ2) is 5.01. The summed E-state index contributed by atoms with van der Waals surface area (Å²) in [5, 5.41) is 28.2. The summed E-state index contributed by atoms with van der Waals surface area (Å²) in [6.45, 7) is -0.0605. The van der Waals surface area contributed by atoms with Gasteiger partial charge in [-0.1, -0.05) is 0 Å². The Morgan fingerprint density at radius 1 is 1.29 bits per heavy atom. The summed E-state index contributed by atoms with van der Waals surface area (Å²) >= 11 is 0. The molecule has 3 N–H and O–H groups in total. The fourth-order valence-electron chi connectivity index (χ4n) is 1.38. The predicted octanol–water partition coefficient (Wildman–Crippen LogP) is -1.91. The number of hydrogen-bond donors (Lipinski definition) is 3. The monoisotopic (exact) mass is 210 g/mol. The molecule has 84 valence electrons. The lowest BCUT2D eigenvalue weighted by Gasteiger charge is -2.39. The maximum atomic E-state index is 9.61. The zero-order valence-electron chi connectivity index (χ0n) is 9.57. The molecule has 14 heavy (non-hydrogen) atoms. The van der Waals surface area contributed by atoms with Gasteiger partial charge in [0.05, 0.1) is 9.35 Å². The van der Waals surface area contributed by atoms with E-state index in [1.807, 2.05) is 0 Å². The molecule has 6 heteroatoms. The van der Waals surface area contributed by atoms with Gasteiger partial charge in [0.2, 0.25) is 0 Å². The van der Waals surface area contributed by atoms with Crippen LogP contribution in [-0.4, -0.2) is 66.8 Å². The minimum absolute atomic E-state index is 0.0605. The second-order valence-corrected chi connectivity index (χ2v) is 3.05. The minimum atomic E-state index is -1.53. The summed E-state index contributed by atoms with van der Waals surface area (Å²) in [4.78, 5) is 0. The van der Waals surface area contributed by atoms with Gasteiger partial charge in [-0.2, -0.15) is 0 Å². The van der Waals surface area contributed by atoms with Gasteiger partial charge in [0, 0.05) is 14.2 Å². The molecule has 0 saturated carbocycles. The molecule has 1 saturated heterocycles. The first kappa shape index (κ1) is 9.02. The van der Waals surface area contributed by atoms with Crippen LogP contribution in [0.4, 0.5) is 0 Å². The highest BCUT2D eigenvalue weighted by Crippen LogP contribution is 2.21. The third kappa shape index (κ3) is 2.22. The molecule has 1 heterocycles. The highest BCUT2D eigenvalue weighted by Gasteiger charge is 2.43. The van der Waals surface area contributed by atoms with Crippen molar-refractivity contribution in [2.75, 3.05) is 20.8 Å². The lowest BCUT2D eigenvalue weighted by molar-refractivity contribution is -0.291. The Bertz CT molecular complexity index is 207. The molecule has 0 spiro atoms. The lowest BCUT2D eigenvalue weighted by atomic mass is 9.99. The molecule has 0 aliphatic carbocycles. The topological polar surface area (TPSA) is 88.4 Å². The number of ether oxygens (including phenoxy) is 3. The Morgan fingerprint density at radius 2 is 2.07 bits per heavy atom. The van der Waals surface area contributed by atoms with Gasteiger partial charge in [-0.15, -0.1) is 0 Å². The van der Waals surface area contributed by atoms with Crippen molar-refractivity contribution < 1.29 is 32.3 Å². The van der Waals surface area contributed by atoms with E-state index in [1.165, 1.54) is 0 Å². The molecule has 0 radical (unpaired) electrons. The van der Waals surface area contributed by atoms with Gasteiger partial charge in [-0.25, -0.2) is 0 Å². The van der Waals surface area contributed by atoms with Crippen LogP contribution >= 0.6 is 0 Å². The molecule has 1 aliphatic rings. The summed E-state index contributed by atoms with van der Waals surface area (Å²) in [5.41, 5.74) is 0. The number of aliphatic hydroxyl groups excluding tert-OH is 3. The van der Waals surface area contributed by atoms with Crippen LogP contribution in [0.15, 0.2) is 0 Å². The van der Waals surface area contributed by atoms with Crippen molar-refractivity contribution in [1.29, 1.82) is 0 Å². The second-order valence-electron chi connectivity index (χ2n) is 3.05. The van der Waals surface area contributed by atoms with Crippen LogP contribution in [-0.2, 0) is 14.2 Å². The van der Waals surface area contributed by atoms with E-state index in [2.05, 4.69) is 0 Å². The zero-order valence-corrected chi connectivity index (χ0v) is 7.57. The summed E-state index contributed by atoms with van der Waals surface area (Å²) in [6.07, 6.45) is -6.14. The first-order valence-corrected chi connectivity index (χ1v) is 4.09. The summed E-state index contributed by atoms with van der Waals surface area (Å²) in [7, 11) is -0.701. The molecule has 5 atom stereocenters. The SMILES string of the molecule is [2H]COC[C@H]1OC(O)[C@H](O)[C@@H](O)[C@@H]1OC[2H]. The highest BCUT2D eigenvalue weighted by molar-refractivity contribution is 4.89. The molecule has 0 aromatic rings. The third-order valence-electron chi connectivity index (χ3n) is 2.13. The fourth-order valence-corrected chi connectivity index (χ4v) is 1.38. The molecule has 1 fully saturated rings. The van der Waals surface area contributed by atoms with Crippen molar-refractivity contribution in [1.82, 2.24) is 0 Å². The average Bonchev–Trinajstić information content (AvgIpc) is 2.28. The van der Waals surface area contributed by atoms with Crippen LogP contribution in [0, 0.1) is 0 Å². The Labute approximate surface area is 84.8 Å². The van der Waals surface area contributed by atoms with E-state index >= 15 is 0 Å². The Balaban J connectivity index is 2.63. The molecule has 0 aromatic carbocycles. The average molecular weight is 210 g/mol. The van der Waals surface area contributed by atoms with Crippen molar-refractivity contribution >= 4 is 0 Å². The van der Waals surface area contributed by atoms with Crippen LogP contribution in [0.1, 0.15) is 2.74 Å². The molecule has 0 amide bonds. The van der Waals surface area contributed by atoms with Crippen molar-refractivity contribution in [3.8, 4) is 0 Å². The number of methoxy groups -OCH3 is 2. The van der Waals surface area contributed by atoms with Gasteiger partial charge in [0.25, 0.3) is 0 Å². The summed E-state index contributed by atoms with van der Waals surface area (Å²) in [6, 6.07) is 0. The van der Waals surface area contributed by atoms with E-state index in [0.717, 1.165) is 0 Å². The smallest absolute Gasteiger partial charge is 0.184 e. The van der Waals surface area contributed by atoms with Crippen molar-refractivity contribution in [3.05, 3.63) is 0 Å². The largest absolute Gasteiger partial charge is 0.387 e. The normalized spacial score (nSPS) is 45.8. The van der Waals surface area contributed by atoms with E-state index in [0.29, 0.717) is 0 Å². The van der Waals surface area contributed by atoms with Gasteiger partial charge in [0.1, 0.15) is 24.4 Å². The standard InChI is InChI=1S/C8H16O6/c1-12-3-4-7(13-2)5(9)6(10)8(11)14-4/h4-11H,3H2,1-2H3/t4-,5-,6-,7-,8?/m1/s1/i1D,2D. The Hall–Kier alpha value is -0.240. The van der Waals surface area contributed by atoms with Crippen molar-refractivity contribution in [2.45, 2.75) is 30.7 Å². The number of aliphatic hydroxyl groups is 3. The van der Waals surface area contributed by atoms with E-state index in [-0.39, 0.29) is 13.7 Å². The van der Waals surface area contributed by atoms with Crippen molar-refractivity contribution in [2.24, 2.45) is 0 Å². The summed E-state index contributed by atoms with van der Waals surface area (Å²) in [5.74, 6) is 0. The van der Waals surface area contributed by atoms with E-state index < -0.39 is 37.8 Å². The van der Waals surface area contributed by atoms with Crippen LogP contribution < -0.4 is 0 Å². The molecule has 1 unspecified atom stereocenters. The van der Waals surface area contributed by atoms with Crippen LogP contribution in [0.3, 0.4) is 0 Å². The number of rotatable bonds is 3. The first-order chi connectivity index (χ1) is 7.61. The van der Waals surface area contributed by atoms with Crippen LogP contribution in [0.5, 0.6) is 0 Å². The van der Waals surface area contributed by atoms with Gasteiger partial charge < -0.3 is 29.5 Å². The molecule has 0 aromatic heterocycles.